The fraction of sp³-hybridized carbons (Fsp3) is 0.231. The van der Waals surface area contributed by atoms with Crippen LogP contribution in [0.15, 0.2) is 59.7 Å². The van der Waals surface area contributed by atoms with E-state index in [-0.39, 0.29) is 12.2 Å². The Hall–Kier alpha value is -3.94. The Kier molecular flexibility index (Phi) is 8.47. The van der Waals surface area contributed by atoms with Crippen molar-refractivity contribution < 1.29 is 28.2 Å². The topological polar surface area (TPSA) is 113 Å². The van der Waals surface area contributed by atoms with Crippen LogP contribution in [0, 0.1) is 0 Å². The van der Waals surface area contributed by atoms with Crippen LogP contribution in [0.1, 0.15) is 6.42 Å². The van der Waals surface area contributed by atoms with Gasteiger partial charge in [0.2, 0.25) is 5.95 Å². The minimum absolute atomic E-state index is 0.114. The van der Waals surface area contributed by atoms with Gasteiger partial charge in [0.15, 0.2) is 0 Å². The summed E-state index contributed by atoms with van der Waals surface area (Å²) in [5.41, 5.74) is 4.01. The van der Waals surface area contributed by atoms with Gasteiger partial charge in [-0.1, -0.05) is 23.7 Å². The van der Waals surface area contributed by atoms with E-state index in [1.165, 1.54) is 11.3 Å². The summed E-state index contributed by atoms with van der Waals surface area (Å²) in [5.74, 6) is -1.95. The average Bonchev–Trinajstić information content (AvgIpc) is 3.50. The number of rotatable bonds is 6. The minimum atomic E-state index is -5.08. The minimum Gasteiger partial charge on any atom is -0.475 e. The number of anilines is 1. The van der Waals surface area contributed by atoms with Gasteiger partial charge in [-0.15, -0.1) is 11.3 Å². The van der Waals surface area contributed by atoms with Crippen LogP contribution in [0.25, 0.3) is 37.4 Å². The van der Waals surface area contributed by atoms with Crippen molar-refractivity contribution in [2.75, 3.05) is 25.6 Å². The lowest BCUT2D eigenvalue weighted by molar-refractivity contribution is -0.192. The predicted octanol–water partition coefficient (Wildman–Crippen LogP) is 5.20. The number of aryl methyl sites for hydroxylation is 1. The fourth-order valence-corrected chi connectivity index (χ4v) is 5.07. The molecule has 0 saturated heterocycles. The summed E-state index contributed by atoms with van der Waals surface area (Å²) >= 11 is 7.43. The number of carboxylic acids is 1. The lowest BCUT2D eigenvalue weighted by atomic mass is 10.2. The van der Waals surface area contributed by atoms with Crippen LogP contribution < -0.4 is 10.5 Å². The van der Waals surface area contributed by atoms with Crippen molar-refractivity contribution in [1.29, 1.82) is 0 Å². The molecule has 9 nitrogen and oxygen atoms in total. The number of benzene rings is 2. The van der Waals surface area contributed by atoms with Gasteiger partial charge in [-0.25, -0.2) is 14.8 Å². The molecule has 5 rings (SSSR count). The molecule has 0 aliphatic carbocycles. The number of carbonyl (C=O) groups is 1. The van der Waals surface area contributed by atoms with Crippen molar-refractivity contribution in [2.45, 2.75) is 19.1 Å². The fourth-order valence-electron chi connectivity index (χ4n) is 3.90. The number of fused-ring (bicyclic) bond motifs is 2. The number of alkyl halides is 3. The predicted molar refractivity (Wildman–Crippen MR) is 149 cm³/mol. The molecule has 0 spiro atoms. The van der Waals surface area contributed by atoms with Crippen molar-refractivity contribution in [1.82, 2.24) is 19.1 Å². The maximum atomic E-state index is 13.3. The molecular weight excluding hydrogens is 571 g/mol. The molecule has 0 bridgehead atoms. The molecule has 0 aliphatic heterocycles. The molecule has 0 amide bonds. The van der Waals surface area contributed by atoms with E-state index in [4.69, 9.17) is 26.5 Å². The monoisotopic (exact) mass is 593 g/mol. The Morgan fingerprint density at radius 3 is 2.38 bits per heavy atom. The van der Waals surface area contributed by atoms with Crippen molar-refractivity contribution >= 4 is 56.1 Å². The maximum absolute atomic E-state index is 13.3. The molecule has 2 N–H and O–H groups in total. The standard InChI is InChI=1S/C24H22ClN5O2S.C2HF3O2/c1-28(2)24-27-18-12-17(8-9-20(18)29(24)10-3-11-31)30-14-26-19-13-21(33-22(19)23(30)32)15-4-6-16(25)7-5-15;3-2(4,5)1(6)7/h4-9,12-14,31H,3,10-11H2,1-2H3;(H,6,7). The van der Waals surface area contributed by atoms with Crippen LogP contribution >= 0.6 is 22.9 Å². The van der Waals surface area contributed by atoms with Crippen molar-refractivity contribution in [3.05, 3.63) is 70.2 Å². The number of hydrogen-bond donors (Lipinski definition) is 2. The van der Waals surface area contributed by atoms with Crippen molar-refractivity contribution in [3.63, 3.8) is 0 Å². The number of nitrogens with zero attached hydrogens (tertiary/aromatic N) is 5. The second-order valence-corrected chi connectivity index (χ2v) is 10.3. The summed E-state index contributed by atoms with van der Waals surface area (Å²) < 4.78 is 36.0. The lowest BCUT2D eigenvalue weighted by Gasteiger charge is -2.14. The molecule has 210 valence electrons. The van der Waals surface area contributed by atoms with Gasteiger partial charge in [-0.3, -0.25) is 9.36 Å². The Morgan fingerprint density at radius 1 is 1.10 bits per heavy atom. The largest absolute Gasteiger partial charge is 0.490 e. The van der Waals surface area contributed by atoms with Crippen LogP contribution in [0.5, 0.6) is 0 Å². The Labute approximate surface area is 234 Å². The molecule has 0 unspecified atom stereocenters. The summed E-state index contributed by atoms with van der Waals surface area (Å²) in [6.07, 6.45) is -2.87. The van der Waals surface area contributed by atoms with Gasteiger partial charge in [0.1, 0.15) is 11.0 Å². The van der Waals surface area contributed by atoms with Crippen LogP contribution in [-0.4, -0.2) is 62.2 Å². The van der Waals surface area contributed by atoms with Crippen molar-refractivity contribution in [2.24, 2.45) is 0 Å². The summed E-state index contributed by atoms with van der Waals surface area (Å²) in [6.45, 7) is 0.778. The summed E-state index contributed by atoms with van der Waals surface area (Å²) in [7, 11) is 3.88. The highest BCUT2D eigenvalue weighted by atomic mass is 35.5. The van der Waals surface area contributed by atoms with E-state index in [1.807, 2.05) is 67.5 Å². The third kappa shape index (κ3) is 6.11. The van der Waals surface area contributed by atoms with Gasteiger partial charge in [0.25, 0.3) is 5.56 Å². The molecule has 0 fully saturated rings. The molecule has 0 saturated carbocycles. The van der Waals surface area contributed by atoms with Gasteiger partial charge in [-0.05, 0) is 48.4 Å². The summed E-state index contributed by atoms with van der Waals surface area (Å²) in [6, 6.07) is 15.3. The zero-order valence-electron chi connectivity index (χ0n) is 21.2. The van der Waals surface area contributed by atoms with E-state index in [2.05, 4.69) is 9.55 Å². The number of carboxylic acid groups (broad SMARTS) is 1. The lowest BCUT2D eigenvalue weighted by Crippen LogP contribution is -2.21. The van der Waals surface area contributed by atoms with Gasteiger partial charge in [0, 0.05) is 37.1 Å². The van der Waals surface area contributed by atoms with E-state index < -0.39 is 12.1 Å². The first-order valence-electron chi connectivity index (χ1n) is 11.8. The highest BCUT2D eigenvalue weighted by Crippen LogP contribution is 2.32. The number of aromatic nitrogens is 4. The van der Waals surface area contributed by atoms with Gasteiger partial charge in [-0.2, -0.15) is 13.2 Å². The first kappa shape index (κ1) is 29.1. The van der Waals surface area contributed by atoms with E-state index in [0.29, 0.717) is 33.9 Å². The normalized spacial score (nSPS) is 11.5. The molecule has 5 aromatic rings. The molecule has 14 heteroatoms. The highest BCUT2D eigenvalue weighted by molar-refractivity contribution is 7.22. The number of aliphatic hydroxyl groups excluding tert-OH is 1. The molecule has 2 aromatic carbocycles. The molecule has 3 aromatic heterocycles. The number of hydrogen-bond acceptors (Lipinski definition) is 7. The number of imidazole rings is 1. The molecule has 0 aliphatic rings. The quantitative estimate of drug-likeness (QED) is 0.278. The van der Waals surface area contributed by atoms with E-state index >= 15 is 0 Å². The zero-order chi connectivity index (χ0) is 29.2. The Morgan fingerprint density at radius 2 is 1.77 bits per heavy atom. The number of thiophene rings is 1. The average molecular weight is 594 g/mol. The molecule has 0 radical (unpaired) electrons. The number of aliphatic hydroxyl groups is 1. The van der Waals surface area contributed by atoms with Gasteiger partial charge >= 0.3 is 12.1 Å². The number of aliphatic carboxylic acids is 1. The second-order valence-electron chi connectivity index (χ2n) is 8.76. The SMILES string of the molecule is CN(C)c1nc2cc(-n3cnc4cc(-c5ccc(Cl)cc5)sc4c3=O)ccc2n1CCCO.O=C(O)C(F)(F)F. The smallest absolute Gasteiger partial charge is 0.475 e. The first-order chi connectivity index (χ1) is 18.9. The van der Waals surface area contributed by atoms with Crippen LogP contribution in [0.3, 0.4) is 0 Å². The summed E-state index contributed by atoms with van der Waals surface area (Å²) in [5, 5.41) is 17.1. The summed E-state index contributed by atoms with van der Waals surface area (Å²) in [4.78, 5) is 34.4. The number of halogens is 4. The van der Waals surface area contributed by atoms with Crippen LogP contribution in [0.2, 0.25) is 5.02 Å². The van der Waals surface area contributed by atoms with Crippen LogP contribution in [-0.2, 0) is 11.3 Å². The van der Waals surface area contributed by atoms with E-state index in [9.17, 15) is 23.1 Å². The third-order valence-electron chi connectivity index (χ3n) is 5.74. The highest BCUT2D eigenvalue weighted by Gasteiger charge is 2.38. The van der Waals surface area contributed by atoms with Gasteiger partial charge < -0.3 is 19.7 Å². The second kappa shape index (κ2) is 11.7. The molecule has 40 heavy (non-hydrogen) atoms. The maximum Gasteiger partial charge on any atom is 0.490 e. The molecular formula is C26H23ClF3N5O4S. The third-order valence-corrected chi connectivity index (χ3v) is 7.15. The zero-order valence-corrected chi connectivity index (χ0v) is 22.8. The van der Waals surface area contributed by atoms with E-state index in [0.717, 1.165) is 27.4 Å². The first-order valence-corrected chi connectivity index (χ1v) is 13.0. The molecule has 0 atom stereocenters. The van der Waals surface area contributed by atoms with Crippen LogP contribution in [0.4, 0.5) is 19.1 Å². The van der Waals surface area contributed by atoms with E-state index in [1.54, 1.807) is 10.9 Å². The molecule has 3 heterocycles. The van der Waals surface area contributed by atoms with Crippen molar-refractivity contribution in [3.8, 4) is 16.1 Å². The Bertz CT molecular complexity index is 1730. The Balaban J connectivity index is 0.000000470. The van der Waals surface area contributed by atoms with Gasteiger partial charge in [0.05, 0.1) is 22.2 Å².